The van der Waals surface area contributed by atoms with Gasteiger partial charge in [0, 0.05) is 13.1 Å². The molecule has 1 aromatic carbocycles. The first-order valence-electron chi connectivity index (χ1n) is 8.39. The van der Waals surface area contributed by atoms with Gasteiger partial charge in [-0.2, -0.15) is 0 Å². The van der Waals surface area contributed by atoms with E-state index in [9.17, 15) is 4.79 Å². The molecule has 2 aliphatic heterocycles. The molecular weight excluding hydrogens is 276 g/mol. The largest absolute Gasteiger partial charge is 0.373 e. The molecule has 1 amide bonds. The van der Waals surface area contributed by atoms with Crippen LogP contribution in [-0.2, 0) is 16.0 Å². The third kappa shape index (κ3) is 3.50. The first-order valence-corrected chi connectivity index (χ1v) is 8.39. The molecule has 0 saturated carbocycles. The zero-order chi connectivity index (χ0) is 15.4. The van der Waals surface area contributed by atoms with E-state index in [0.29, 0.717) is 12.3 Å². The highest BCUT2D eigenvalue weighted by Gasteiger charge is 2.28. The van der Waals surface area contributed by atoms with Gasteiger partial charge in [0.1, 0.15) is 0 Å². The number of carbonyl (C=O) groups excluding carboxylic acids is 1. The van der Waals surface area contributed by atoms with Gasteiger partial charge in [-0.1, -0.05) is 24.3 Å². The van der Waals surface area contributed by atoms with E-state index < -0.39 is 0 Å². The summed E-state index contributed by atoms with van der Waals surface area (Å²) >= 11 is 0. The van der Waals surface area contributed by atoms with Gasteiger partial charge in [0.2, 0.25) is 5.91 Å². The third-order valence-electron chi connectivity index (χ3n) is 4.82. The van der Waals surface area contributed by atoms with Crippen molar-refractivity contribution >= 4 is 5.91 Å². The number of amides is 1. The summed E-state index contributed by atoms with van der Waals surface area (Å²) in [7, 11) is 1.98. The molecule has 2 heterocycles. The lowest BCUT2D eigenvalue weighted by Gasteiger charge is -2.34. The van der Waals surface area contributed by atoms with E-state index in [1.165, 1.54) is 17.5 Å². The number of carbonyl (C=O) groups is 1. The fourth-order valence-corrected chi connectivity index (χ4v) is 3.68. The van der Waals surface area contributed by atoms with Gasteiger partial charge in [0.05, 0.1) is 19.1 Å². The molecule has 1 aromatic rings. The zero-order valence-electron chi connectivity index (χ0n) is 13.4. The van der Waals surface area contributed by atoms with Crippen molar-refractivity contribution in [3.63, 3.8) is 0 Å². The summed E-state index contributed by atoms with van der Waals surface area (Å²) in [6.07, 6.45) is 3.69. The molecule has 2 unspecified atom stereocenters. The summed E-state index contributed by atoms with van der Waals surface area (Å²) in [5.41, 5.74) is 2.53. The fraction of sp³-hybridized carbons (Fsp3) is 0.611. The Balaban J connectivity index is 1.62. The van der Waals surface area contributed by atoms with Crippen molar-refractivity contribution in [1.29, 1.82) is 0 Å². The lowest BCUT2D eigenvalue weighted by molar-refractivity contribution is -0.136. The molecule has 1 fully saturated rings. The van der Waals surface area contributed by atoms with Gasteiger partial charge in [-0.15, -0.1) is 0 Å². The quantitative estimate of drug-likeness (QED) is 0.926. The van der Waals surface area contributed by atoms with Crippen molar-refractivity contribution in [2.45, 2.75) is 31.8 Å². The fourth-order valence-electron chi connectivity index (χ4n) is 3.68. The Morgan fingerprint density at radius 2 is 2.27 bits per heavy atom. The topological polar surface area (TPSA) is 41.6 Å². The minimum absolute atomic E-state index is 0.0675. The maximum absolute atomic E-state index is 12.7. The SMILES string of the molecule is CNCC1CCCN(C(=O)CC2OCCc3ccccc32)C1. The minimum atomic E-state index is -0.0675. The van der Waals surface area contributed by atoms with Crippen LogP contribution in [0.5, 0.6) is 0 Å². The van der Waals surface area contributed by atoms with E-state index in [4.69, 9.17) is 4.74 Å². The van der Waals surface area contributed by atoms with Gasteiger partial charge in [0.15, 0.2) is 0 Å². The second-order valence-corrected chi connectivity index (χ2v) is 6.42. The highest BCUT2D eigenvalue weighted by Crippen LogP contribution is 2.30. The highest BCUT2D eigenvalue weighted by molar-refractivity contribution is 5.77. The Kier molecular flexibility index (Phi) is 5.11. The number of fused-ring (bicyclic) bond motifs is 1. The molecule has 2 atom stereocenters. The minimum Gasteiger partial charge on any atom is -0.373 e. The predicted octanol–water partition coefficient (Wildman–Crippen LogP) is 2.15. The monoisotopic (exact) mass is 302 g/mol. The Morgan fingerprint density at radius 3 is 3.14 bits per heavy atom. The van der Waals surface area contributed by atoms with Crippen LogP contribution in [0.1, 0.15) is 36.5 Å². The van der Waals surface area contributed by atoms with E-state index in [2.05, 4.69) is 23.5 Å². The molecule has 1 saturated heterocycles. The Bertz CT molecular complexity index is 516. The van der Waals surface area contributed by atoms with Crippen molar-refractivity contribution in [3.8, 4) is 0 Å². The number of nitrogens with zero attached hydrogens (tertiary/aromatic N) is 1. The maximum atomic E-state index is 12.7. The summed E-state index contributed by atoms with van der Waals surface area (Å²) in [6.45, 7) is 3.49. The molecule has 4 heteroatoms. The van der Waals surface area contributed by atoms with E-state index in [1.54, 1.807) is 0 Å². The van der Waals surface area contributed by atoms with E-state index in [0.717, 1.165) is 39.1 Å². The van der Waals surface area contributed by atoms with Gasteiger partial charge in [-0.25, -0.2) is 0 Å². The second-order valence-electron chi connectivity index (χ2n) is 6.42. The van der Waals surface area contributed by atoms with Crippen molar-refractivity contribution in [3.05, 3.63) is 35.4 Å². The lowest BCUT2D eigenvalue weighted by atomic mass is 9.94. The van der Waals surface area contributed by atoms with Gasteiger partial charge < -0.3 is 15.0 Å². The molecule has 2 aliphatic rings. The molecule has 0 aliphatic carbocycles. The Labute approximate surface area is 132 Å². The molecular formula is C18H26N2O2. The molecule has 3 rings (SSSR count). The molecule has 1 N–H and O–H groups in total. The van der Waals surface area contributed by atoms with Gasteiger partial charge in [-0.05, 0) is 49.9 Å². The number of hydrogen-bond acceptors (Lipinski definition) is 3. The van der Waals surface area contributed by atoms with Crippen LogP contribution in [0.25, 0.3) is 0 Å². The number of hydrogen-bond donors (Lipinski definition) is 1. The predicted molar refractivity (Wildman–Crippen MR) is 86.7 cm³/mol. The third-order valence-corrected chi connectivity index (χ3v) is 4.82. The zero-order valence-corrected chi connectivity index (χ0v) is 13.4. The van der Waals surface area contributed by atoms with Gasteiger partial charge in [0.25, 0.3) is 0 Å². The number of likely N-dealkylation sites (tertiary alicyclic amines) is 1. The smallest absolute Gasteiger partial charge is 0.225 e. The second kappa shape index (κ2) is 7.25. The van der Waals surface area contributed by atoms with Crippen LogP contribution in [0.3, 0.4) is 0 Å². The molecule has 120 valence electrons. The first-order chi connectivity index (χ1) is 10.8. The molecule has 0 bridgehead atoms. The van der Waals surface area contributed by atoms with Crippen molar-refractivity contribution in [2.75, 3.05) is 33.3 Å². The van der Waals surface area contributed by atoms with E-state index >= 15 is 0 Å². The summed E-state index contributed by atoms with van der Waals surface area (Å²) < 4.78 is 5.88. The number of ether oxygens (including phenoxy) is 1. The normalized spacial score (nSPS) is 24.9. The van der Waals surface area contributed by atoms with Gasteiger partial charge in [-0.3, -0.25) is 4.79 Å². The molecule has 22 heavy (non-hydrogen) atoms. The molecule has 0 spiro atoms. The van der Waals surface area contributed by atoms with Crippen LogP contribution in [-0.4, -0.2) is 44.1 Å². The van der Waals surface area contributed by atoms with Crippen LogP contribution in [0.4, 0.5) is 0 Å². The van der Waals surface area contributed by atoms with E-state index in [1.807, 2.05) is 18.0 Å². The number of piperidine rings is 1. The van der Waals surface area contributed by atoms with Crippen LogP contribution in [0.15, 0.2) is 24.3 Å². The highest BCUT2D eigenvalue weighted by atomic mass is 16.5. The number of rotatable bonds is 4. The first kappa shape index (κ1) is 15.5. The van der Waals surface area contributed by atoms with Crippen molar-refractivity contribution in [2.24, 2.45) is 5.92 Å². The lowest BCUT2D eigenvalue weighted by Crippen LogP contribution is -2.43. The molecule has 0 radical (unpaired) electrons. The summed E-state index contributed by atoms with van der Waals surface area (Å²) in [6, 6.07) is 8.36. The molecule has 4 nitrogen and oxygen atoms in total. The maximum Gasteiger partial charge on any atom is 0.225 e. The van der Waals surface area contributed by atoms with Crippen LogP contribution in [0, 0.1) is 5.92 Å². The average Bonchev–Trinajstić information content (AvgIpc) is 2.56. The summed E-state index contributed by atoms with van der Waals surface area (Å²) in [5, 5.41) is 3.23. The van der Waals surface area contributed by atoms with Crippen LogP contribution in [0.2, 0.25) is 0 Å². The van der Waals surface area contributed by atoms with Gasteiger partial charge >= 0.3 is 0 Å². The van der Waals surface area contributed by atoms with Crippen LogP contribution < -0.4 is 5.32 Å². The summed E-state index contributed by atoms with van der Waals surface area (Å²) in [5.74, 6) is 0.824. The standard InChI is InChI=1S/C18H26N2O2/c1-19-12-14-5-4-9-20(13-14)18(21)11-17-16-7-3-2-6-15(16)8-10-22-17/h2-3,6-7,14,17,19H,4-5,8-13H2,1H3. The van der Waals surface area contributed by atoms with E-state index in [-0.39, 0.29) is 12.0 Å². The Hall–Kier alpha value is -1.39. The summed E-state index contributed by atoms with van der Waals surface area (Å²) in [4.78, 5) is 14.7. The number of benzene rings is 1. The van der Waals surface area contributed by atoms with Crippen molar-refractivity contribution < 1.29 is 9.53 Å². The Morgan fingerprint density at radius 1 is 1.41 bits per heavy atom. The van der Waals surface area contributed by atoms with Crippen molar-refractivity contribution in [1.82, 2.24) is 10.2 Å². The molecule has 0 aromatic heterocycles. The number of nitrogens with one attached hydrogen (secondary N) is 1. The average molecular weight is 302 g/mol. The van der Waals surface area contributed by atoms with Crippen LogP contribution >= 0.6 is 0 Å².